The fourth-order valence-electron chi connectivity index (χ4n) is 11.0. The van der Waals surface area contributed by atoms with E-state index in [9.17, 15) is 0 Å². The maximum atomic E-state index is 2.58. The van der Waals surface area contributed by atoms with Gasteiger partial charge in [0.1, 0.15) is 0 Å². The summed E-state index contributed by atoms with van der Waals surface area (Å²) < 4.78 is 0. The maximum Gasteiger partial charge on any atom is 0.0467 e. The molecule has 0 saturated carbocycles. The Kier molecular flexibility index (Phi) is 10.9. The van der Waals surface area contributed by atoms with Crippen molar-refractivity contribution >= 4 is 34.1 Å². The summed E-state index contributed by atoms with van der Waals surface area (Å²) in [4.78, 5) is 4.99. The van der Waals surface area contributed by atoms with Crippen LogP contribution in [0.15, 0.2) is 133 Å². The van der Waals surface area contributed by atoms with Gasteiger partial charge in [-0.25, -0.2) is 0 Å². The minimum absolute atomic E-state index is 0.0303. The van der Waals surface area contributed by atoms with Crippen LogP contribution in [0.4, 0.5) is 34.1 Å². The van der Waals surface area contributed by atoms with E-state index in [4.69, 9.17) is 0 Å². The summed E-state index contributed by atoms with van der Waals surface area (Å²) in [6, 6.07) is 51.7. The highest BCUT2D eigenvalue weighted by Gasteiger charge is 2.43. The highest BCUT2D eigenvalue weighted by molar-refractivity contribution is 5.94. The van der Waals surface area contributed by atoms with E-state index in [0.717, 1.165) is 0 Å². The molecule has 9 rings (SSSR count). The van der Waals surface area contributed by atoms with Gasteiger partial charge in [-0.2, -0.15) is 0 Å². The summed E-state index contributed by atoms with van der Waals surface area (Å²) in [6.07, 6.45) is 0. The minimum atomic E-state index is -0.212. The van der Waals surface area contributed by atoms with Crippen LogP contribution in [-0.2, 0) is 21.7 Å². The zero-order valence-electron chi connectivity index (χ0n) is 42.8. The Labute approximate surface area is 397 Å². The fourth-order valence-corrected chi connectivity index (χ4v) is 11.0. The number of hydrogen-bond acceptors (Lipinski definition) is 2. The summed E-state index contributed by atoms with van der Waals surface area (Å²) in [5, 5.41) is 0. The zero-order chi connectivity index (χ0) is 47.4. The molecular weight excluding hydrogens is 797 g/mol. The first kappa shape index (κ1) is 45.3. The van der Waals surface area contributed by atoms with Crippen LogP contribution in [0.5, 0.6) is 0 Å². The molecule has 0 saturated heterocycles. The van der Waals surface area contributed by atoms with Crippen molar-refractivity contribution in [3.8, 4) is 22.3 Å². The van der Waals surface area contributed by atoms with Gasteiger partial charge < -0.3 is 9.80 Å². The highest BCUT2D eigenvalue weighted by atomic mass is 15.1. The molecule has 2 aliphatic rings. The average Bonchev–Trinajstić information content (AvgIpc) is 3.62. The van der Waals surface area contributed by atoms with Gasteiger partial charge in [0.05, 0.1) is 0 Å². The monoisotopic (exact) mass is 869 g/mol. The van der Waals surface area contributed by atoms with E-state index in [1.54, 1.807) is 0 Å². The molecule has 0 aromatic heterocycles. The van der Waals surface area contributed by atoms with E-state index >= 15 is 0 Å². The molecule has 7 aromatic carbocycles. The second kappa shape index (κ2) is 15.9. The molecule has 0 amide bonds. The molecule has 0 heterocycles. The standard InChI is InChI=1S/C64H72N2/c1-39(2)43-21-17-25-47(31-43)65(49-27-19-23-45(33-49)61(7,8)9)51-29-41(5)59-53-37-56-54(38-55(53)63(13,14)57(59)35-51)60-42(6)30-52(36-58(60)64(56,15)16)66(48-26-18-22-44(32-48)40(3)4)50-28-20-24-46(34-50)62(10,11)12/h17-40H,1-16H3. The number of anilines is 6. The maximum absolute atomic E-state index is 2.58. The van der Waals surface area contributed by atoms with Crippen molar-refractivity contribution in [3.63, 3.8) is 0 Å². The third-order valence-corrected chi connectivity index (χ3v) is 15.1. The first-order valence-corrected chi connectivity index (χ1v) is 24.5. The molecule has 66 heavy (non-hydrogen) atoms. The molecule has 338 valence electrons. The lowest BCUT2D eigenvalue weighted by Crippen LogP contribution is -2.18. The second-order valence-corrected chi connectivity index (χ2v) is 23.3. The average molecular weight is 869 g/mol. The fraction of sp³-hybridized carbons (Fsp3) is 0.344. The summed E-state index contributed by atoms with van der Waals surface area (Å²) in [6.45, 7) is 37.4. The van der Waals surface area contributed by atoms with Crippen molar-refractivity contribution in [3.05, 3.63) is 189 Å². The topological polar surface area (TPSA) is 6.48 Å². The van der Waals surface area contributed by atoms with Crippen LogP contribution in [0.2, 0.25) is 0 Å². The molecule has 0 radical (unpaired) electrons. The number of nitrogens with zero attached hydrogens (tertiary/aromatic N) is 2. The van der Waals surface area contributed by atoms with Gasteiger partial charge in [-0.3, -0.25) is 0 Å². The molecule has 0 fully saturated rings. The quantitative estimate of drug-likeness (QED) is 0.150. The molecule has 2 nitrogen and oxygen atoms in total. The van der Waals surface area contributed by atoms with Crippen molar-refractivity contribution in [2.45, 2.75) is 144 Å². The predicted molar refractivity (Wildman–Crippen MR) is 286 cm³/mol. The minimum Gasteiger partial charge on any atom is -0.310 e. The van der Waals surface area contributed by atoms with Crippen molar-refractivity contribution in [1.29, 1.82) is 0 Å². The Bertz CT molecular complexity index is 2820. The van der Waals surface area contributed by atoms with Gasteiger partial charge in [-0.15, -0.1) is 0 Å². The Hall–Kier alpha value is -5.86. The lowest BCUT2D eigenvalue weighted by molar-refractivity contribution is 0.590. The molecule has 0 bridgehead atoms. The Morgan fingerprint density at radius 1 is 0.379 bits per heavy atom. The normalized spacial score (nSPS) is 14.6. The third kappa shape index (κ3) is 7.59. The smallest absolute Gasteiger partial charge is 0.0467 e. The van der Waals surface area contributed by atoms with E-state index in [2.05, 4.69) is 254 Å². The number of fused-ring (bicyclic) bond motifs is 6. The van der Waals surface area contributed by atoms with Crippen molar-refractivity contribution in [1.82, 2.24) is 0 Å². The van der Waals surface area contributed by atoms with Crippen molar-refractivity contribution < 1.29 is 0 Å². The molecular formula is C64H72N2. The Morgan fingerprint density at radius 3 is 1.05 bits per heavy atom. The molecule has 0 N–H and O–H groups in total. The predicted octanol–water partition coefficient (Wildman–Crippen LogP) is 18.7. The van der Waals surface area contributed by atoms with Gasteiger partial charge in [0.15, 0.2) is 0 Å². The van der Waals surface area contributed by atoms with Crippen molar-refractivity contribution in [2.75, 3.05) is 9.80 Å². The lowest BCUT2D eigenvalue weighted by Gasteiger charge is -2.30. The van der Waals surface area contributed by atoms with Gasteiger partial charge in [-0.1, -0.05) is 145 Å². The highest BCUT2D eigenvalue weighted by Crippen LogP contribution is 2.59. The summed E-state index contributed by atoms with van der Waals surface area (Å²) >= 11 is 0. The number of benzene rings is 7. The molecule has 0 unspecified atom stereocenters. The van der Waals surface area contributed by atoms with E-state index in [1.807, 2.05) is 0 Å². The van der Waals surface area contributed by atoms with Gasteiger partial charge in [-0.05, 0) is 199 Å². The Morgan fingerprint density at radius 2 is 0.712 bits per heavy atom. The molecule has 2 heteroatoms. The van der Waals surface area contributed by atoms with Gasteiger partial charge in [0.25, 0.3) is 0 Å². The van der Waals surface area contributed by atoms with Crippen LogP contribution in [0, 0.1) is 13.8 Å². The van der Waals surface area contributed by atoms with Gasteiger partial charge >= 0.3 is 0 Å². The van der Waals surface area contributed by atoms with Gasteiger partial charge in [0, 0.05) is 45.0 Å². The Balaban J connectivity index is 1.18. The third-order valence-electron chi connectivity index (χ3n) is 15.1. The van der Waals surface area contributed by atoms with E-state index in [0.29, 0.717) is 11.8 Å². The second-order valence-electron chi connectivity index (χ2n) is 23.3. The van der Waals surface area contributed by atoms with Crippen LogP contribution >= 0.6 is 0 Å². The zero-order valence-corrected chi connectivity index (χ0v) is 42.8. The van der Waals surface area contributed by atoms with Crippen LogP contribution in [0.1, 0.15) is 164 Å². The number of hydrogen-bond donors (Lipinski definition) is 0. The molecule has 7 aromatic rings. The molecule has 2 aliphatic carbocycles. The van der Waals surface area contributed by atoms with Crippen LogP contribution in [0.25, 0.3) is 22.3 Å². The SMILES string of the molecule is Cc1cc(N(c2cccc(C(C)C)c2)c2cccc(C(C)(C)C)c2)cc2c1-c1cc3c(cc1C2(C)C)-c1c(C)cc(N(c2cccc(C(C)C)c2)c2cccc(C(C)(C)C)c2)cc1C3(C)C. The lowest BCUT2D eigenvalue weighted by atomic mass is 9.79. The first-order chi connectivity index (χ1) is 31.0. The van der Waals surface area contributed by atoms with Crippen LogP contribution in [0.3, 0.4) is 0 Å². The number of rotatable bonds is 8. The molecule has 0 spiro atoms. The molecule has 0 atom stereocenters. The van der Waals surface area contributed by atoms with E-state index in [-0.39, 0.29) is 21.7 Å². The summed E-state index contributed by atoms with van der Waals surface area (Å²) in [5.41, 5.74) is 26.0. The van der Waals surface area contributed by atoms with Crippen LogP contribution in [-0.4, -0.2) is 0 Å². The summed E-state index contributed by atoms with van der Waals surface area (Å²) in [5.74, 6) is 0.862. The van der Waals surface area contributed by atoms with E-state index in [1.165, 1.54) is 112 Å². The van der Waals surface area contributed by atoms with Crippen LogP contribution < -0.4 is 9.80 Å². The summed E-state index contributed by atoms with van der Waals surface area (Å²) in [7, 11) is 0. The van der Waals surface area contributed by atoms with Crippen molar-refractivity contribution in [2.24, 2.45) is 0 Å². The largest absolute Gasteiger partial charge is 0.310 e. The van der Waals surface area contributed by atoms with Gasteiger partial charge in [0.2, 0.25) is 0 Å². The number of aryl methyl sites for hydroxylation is 2. The first-order valence-electron chi connectivity index (χ1n) is 24.5. The molecule has 0 aliphatic heterocycles. The van der Waals surface area contributed by atoms with E-state index < -0.39 is 0 Å².